The third-order valence-corrected chi connectivity index (χ3v) is 3.70. The normalized spacial score (nSPS) is 10.8. The second-order valence-corrected chi connectivity index (χ2v) is 4.88. The first kappa shape index (κ1) is 11.8. The average Bonchev–Trinajstić information content (AvgIpc) is 2.92. The number of anilines is 1. The SMILES string of the molecule is NNc1ncccc1Cn1cnc2ccsc2c1=O. The van der Waals surface area contributed by atoms with Crippen LogP contribution < -0.4 is 16.8 Å². The van der Waals surface area contributed by atoms with Crippen LogP contribution in [-0.2, 0) is 6.54 Å². The maximum absolute atomic E-state index is 12.3. The standard InChI is InChI=1S/C12H11N5OS/c13-16-11-8(2-1-4-14-11)6-17-7-15-9-3-5-19-10(9)12(17)18/h1-5,7H,6,13H2,(H,14,16). The molecule has 19 heavy (non-hydrogen) atoms. The molecule has 0 spiro atoms. The Hall–Kier alpha value is -2.25. The van der Waals surface area contributed by atoms with Crippen molar-refractivity contribution in [3.8, 4) is 0 Å². The van der Waals surface area contributed by atoms with Crippen LogP contribution >= 0.6 is 11.3 Å². The zero-order valence-corrected chi connectivity index (χ0v) is 10.7. The van der Waals surface area contributed by atoms with E-state index in [2.05, 4.69) is 15.4 Å². The number of fused-ring (bicyclic) bond motifs is 1. The molecule has 3 aromatic heterocycles. The molecule has 3 rings (SSSR count). The number of hydrogen-bond acceptors (Lipinski definition) is 6. The largest absolute Gasteiger partial charge is 0.308 e. The van der Waals surface area contributed by atoms with E-state index in [0.717, 1.165) is 11.1 Å². The third kappa shape index (κ3) is 2.09. The molecule has 0 aliphatic rings. The molecule has 3 heterocycles. The van der Waals surface area contributed by atoms with E-state index in [1.807, 2.05) is 17.5 Å². The molecular weight excluding hydrogens is 262 g/mol. The Morgan fingerprint density at radius 3 is 3.11 bits per heavy atom. The Labute approximate surface area is 112 Å². The molecule has 3 N–H and O–H groups in total. The van der Waals surface area contributed by atoms with Gasteiger partial charge in [-0.3, -0.25) is 9.36 Å². The van der Waals surface area contributed by atoms with Crippen molar-refractivity contribution < 1.29 is 0 Å². The van der Waals surface area contributed by atoms with Crippen molar-refractivity contribution >= 4 is 27.4 Å². The molecule has 0 unspecified atom stereocenters. The number of nitrogens with zero attached hydrogens (tertiary/aromatic N) is 3. The average molecular weight is 273 g/mol. The van der Waals surface area contributed by atoms with Gasteiger partial charge in [-0.2, -0.15) is 0 Å². The van der Waals surface area contributed by atoms with Gasteiger partial charge < -0.3 is 5.43 Å². The van der Waals surface area contributed by atoms with Crippen LogP contribution in [-0.4, -0.2) is 14.5 Å². The number of hydrazine groups is 1. The maximum Gasteiger partial charge on any atom is 0.271 e. The number of rotatable bonds is 3. The summed E-state index contributed by atoms with van der Waals surface area (Å²) >= 11 is 1.40. The van der Waals surface area contributed by atoms with Crippen LogP contribution in [0.15, 0.2) is 40.9 Å². The fraction of sp³-hybridized carbons (Fsp3) is 0.0833. The van der Waals surface area contributed by atoms with Crippen LogP contribution in [0.2, 0.25) is 0 Å². The molecule has 0 aliphatic heterocycles. The van der Waals surface area contributed by atoms with Gasteiger partial charge in [-0.25, -0.2) is 15.8 Å². The minimum atomic E-state index is -0.0492. The maximum atomic E-state index is 12.3. The Bertz CT molecular complexity index is 779. The number of nitrogen functional groups attached to an aromatic ring is 1. The number of nitrogens with one attached hydrogen (secondary N) is 1. The number of nitrogens with two attached hydrogens (primary N) is 1. The van der Waals surface area contributed by atoms with Gasteiger partial charge in [-0.05, 0) is 17.5 Å². The molecule has 0 amide bonds. The summed E-state index contributed by atoms with van der Waals surface area (Å²) in [5, 5.41) is 1.86. The van der Waals surface area contributed by atoms with Gasteiger partial charge >= 0.3 is 0 Å². The van der Waals surface area contributed by atoms with Crippen LogP contribution in [0.4, 0.5) is 5.82 Å². The Morgan fingerprint density at radius 1 is 1.37 bits per heavy atom. The zero-order chi connectivity index (χ0) is 13.2. The number of pyridine rings is 1. The van der Waals surface area contributed by atoms with Crippen molar-refractivity contribution in [1.29, 1.82) is 0 Å². The summed E-state index contributed by atoms with van der Waals surface area (Å²) in [7, 11) is 0. The molecule has 7 heteroatoms. The van der Waals surface area contributed by atoms with Crippen molar-refractivity contribution in [1.82, 2.24) is 14.5 Å². The van der Waals surface area contributed by atoms with E-state index >= 15 is 0 Å². The molecule has 0 aliphatic carbocycles. The summed E-state index contributed by atoms with van der Waals surface area (Å²) in [6, 6.07) is 5.51. The van der Waals surface area contributed by atoms with Crippen LogP contribution in [0.5, 0.6) is 0 Å². The summed E-state index contributed by atoms with van der Waals surface area (Å²) in [6.07, 6.45) is 3.19. The van der Waals surface area contributed by atoms with E-state index in [1.165, 1.54) is 11.3 Å². The first-order valence-corrected chi connectivity index (χ1v) is 6.50. The lowest BCUT2D eigenvalue weighted by atomic mass is 10.2. The van der Waals surface area contributed by atoms with E-state index in [9.17, 15) is 4.79 Å². The van der Waals surface area contributed by atoms with Gasteiger partial charge in [0, 0.05) is 11.8 Å². The predicted molar refractivity (Wildman–Crippen MR) is 75.0 cm³/mol. The van der Waals surface area contributed by atoms with Crippen LogP contribution in [0.3, 0.4) is 0 Å². The van der Waals surface area contributed by atoms with E-state index < -0.39 is 0 Å². The van der Waals surface area contributed by atoms with Crippen molar-refractivity contribution in [3.63, 3.8) is 0 Å². The molecule has 0 atom stereocenters. The van der Waals surface area contributed by atoms with Crippen molar-refractivity contribution in [2.45, 2.75) is 6.54 Å². The number of thiophene rings is 1. The highest BCUT2D eigenvalue weighted by molar-refractivity contribution is 7.17. The monoisotopic (exact) mass is 273 g/mol. The van der Waals surface area contributed by atoms with Crippen LogP contribution in [0, 0.1) is 0 Å². The molecule has 3 aromatic rings. The van der Waals surface area contributed by atoms with Gasteiger partial charge in [0.1, 0.15) is 10.5 Å². The van der Waals surface area contributed by atoms with E-state index in [0.29, 0.717) is 17.1 Å². The molecule has 96 valence electrons. The summed E-state index contributed by atoms with van der Waals surface area (Å²) in [4.78, 5) is 20.6. The summed E-state index contributed by atoms with van der Waals surface area (Å²) in [5.41, 5.74) is 4.04. The minimum Gasteiger partial charge on any atom is -0.308 e. The zero-order valence-electron chi connectivity index (χ0n) is 9.91. The van der Waals surface area contributed by atoms with E-state index in [4.69, 9.17) is 5.84 Å². The van der Waals surface area contributed by atoms with Gasteiger partial charge in [0.15, 0.2) is 0 Å². The lowest BCUT2D eigenvalue weighted by Crippen LogP contribution is -2.21. The Morgan fingerprint density at radius 2 is 2.26 bits per heavy atom. The molecule has 0 saturated heterocycles. The quantitative estimate of drug-likeness (QED) is 0.553. The van der Waals surface area contributed by atoms with Crippen molar-refractivity contribution in [2.24, 2.45) is 5.84 Å². The molecule has 0 aromatic carbocycles. The van der Waals surface area contributed by atoms with Crippen LogP contribution in [0.1, 0.15) is 5.56 Å². The minimum absolute atomic E-state index is 0.0492. The Kier molecular flexibility index (Phi) is 2.98. The summed E-state index contributed by atoms with van der Waals surface area (Å²) in [6.45, 7) is 0.382. The number of aromatic nitrogens is 3. The summed E-state index contributed by atoms with van der Waals surface area (Å²) < 4.78 is 2.21. The second kappa shape index (κ2) is 4.79. The van der Waals surface area contributed by atoms with Gasteiger partial charge in [0.2, 0.25) is 0 Å². The lowest BCUT2D eigenvalue weighted by molar-refractivity contribution is 0.748. The molecule has 0 bridgehead atoms. The first-order valence-electron chi connectivity index (χ1n) is 5.63. The number of hydrogen-bond donors (Lipinski definition) is 2. The molecule has 0 fully saturated rings. The van der Waals surface area contributed by atoms with Crippen molar-refractivity contribution in [2.75, 3.05) is 5.43 Å². The van der Waals surface area contributed by atoms with Gasteiger partial charge in [-0.15, -0.1) is 11.3 Å². The first-order chi connectivity index (χ1) is 9.29. The highest BCUT2D eigenvalue weighted by Crippen LogP contribution is 2.15. The highest BCUT2D eigenvalue weighted by Gasteiger charge is 2.08. The van der Waals surface area contributed by atoms with Gasteiger partial charge in [0.25, 0.3) is 5.56 Å². The Balaban J connectivity index is 2.06. The third-order valence-electron chi connectivity index (χ3n) is 2.80. The molecule has 0 saturated carbocycles. The second-order valence-electron chi connectivity index (χ2n) is 3.97. The van der Waals surface area contributed by atoms with E-state index in [1.54, 1.807) is 23.2 Å². The fourth-order valence-corrected chi connectivity index (χ4v) is 2.66. The lowest BCUT2D eigenvalue weighted by Gasteiger charge is -2.09. The molecule has 6 nitrogen and oxygen atoms in total. The van der Waals surface area contributed by atoms with Gasteiger partial charge in [0.05, 0.1) is 18.4 Å². The smallest absolute Gasteiger partial charge is 0.271 e. The molecule has 0 radical (unpaired) electrons. The topological polar surface area (TPSA) is 85.8 Å². The van der Waals surface area contributed by atoms with Crippen molar-refractivity contribution in [3.05, 3.63) is 52.0 Å². The highest BCUT2D eigenvalue weighted by atomic mass is 32.1. The van der Waals surface area contributed by atoms with Gasteiger partial charge in [-0.1, -0.05) is 6.07 Å². The van der Waals surface area contributed by atoms with E-state index in [-0.39, 0.29) is 5.56 Å². The fourth-order valence-electron chi connectivity index (χ4n) is 1.87. The summed E-state index contributed by atoms with van der Waals surface area (Å²) in [5.74, 6) is 5.96. The molecular formula is C12H11N5OS. The van der Waals surface area contributed by atoms with Crippen LogP contribution in [0.25, 0.3) is 10.2 Å². The predicted octanol–water partition coefficient (Wildman–Crippen LogP) is 1.19.